The first-order valence-electron chi connectivity index (χ1n) is 5.29. The van der Waals surface area contributed by atoms with Crippen molar-refractivity contribution in [1.82, 2.24) is 0 Å². The molecule has 2 nitrogen and oxygen atoms in total. The van der Waals surface area contributed by atoms with Gasteiger partial charge in [0, 0.05) is 21.8 Å². The van der Waals surface area contributed by atoms with Crippen LogP contribution in [0, 0.1) is 11.6 Å². The van der Waals surface area contributed by atoms with Crippen LogP contribution in [0.2, 0.25) is 0 Å². The largest absolute Gasteiger partial charge is 0.389 e. The average Bonchev–Trinajstić information content (AvgIpc) is 2.34. The van der Waals surface area contributed by atoms with Crippen molar-refractivity contribution in [3.8, 4) is 0 Å². The molecule has 2 rings (SSSR count). The molecule has 19 heavy (non-hydrogen) atoms. The normalized spacial score (nSPS) is 10.3. The van der Waals surface area contributed by atoms with Gasteiger partial charge in [-0.15, -0.1) is 0 Å². The summed E-state index contributed by atoms with van der Waals surface area (Å²) >= 11 is 7.95. The van der Waals surface area contributed by atoms with Gasteiger partial charge in [0.15, 0.2) is 5.82 Å². The zero-order valence-corrected chi connectivity index (χ0v) is 12.0. The Morgan fingerprint density at radius 3 is 2.32 bits per heavy atom. The number of anilines is 2. The fraction of sp³-hybridized carbons (Fsp3) is 0. The van der Waals surface area contributed by atoms with Crippen LogP contribution in [0.4, 0.5) is 20.2 Å². The molecular weight excluding hydrogens is 334 g/mol. The highest BCUT2D eigenvalue weighted by atomic mass is 79.9. The smallest absolute Gasteiger partial charge is 0.150 e. The summed E-state index contributed by atoms with van der Waals surface area (Å²) in [6, 6.07) is 8.87. The van der Waals surface area contributed by atoms with Crippen LogP contribution in [0.5, 0.6) is 0 Å². The number of thiocarbonyl (C=S) groups is 1. The molecule has 6 heteroatoms. The van der Waals surface area contributed by atoms with Gasteiger partial charge in [-0.1, -0.05) is 12.2 Å². The summed E-state index contributed by atoms with van der Waals surface area (Å²) in [7, 11) is 0. The van der Waals surface area contributed by atoms with E-state index in [1.54, 1.807) is 24.3 Å². The third-order valence-corrected chi connectivity index (χ3v) is 3.31. The van der Waals surface area contributed by atoms with Crippen molar-refractivity contribution in [3.63, 3.8) is 0 Å². The molecule has 0 amide bonds. The van der Waals surface area contributed by atoms with E-state index in [0.29, 0.717) is 15.1 Å². The number of nitrogens with one attached hydrogen (secondary N) is 1. The van der Waals surface area contributed by atoms with Gasteiger partial charge in [-0.3, -0.25) is 0 Å². The fourth-order valence-electron chi connectivity index (χ4n) is 1.52. The maximum absolute atomic E-state index is 13.6. The van der Waals surface area contributed by atoms with Crippen LogP contribution in [-0.4, -0.2) is 4.99 Å². The number of nitrogens with two attached hydrogens (primary N) is 1. The molecule has 0 heterocycles. The lowest BCUT2D eigenvalue weighted by molar-refractivity contribution is 0.584. The summed E-state index contributed by atoms with van der Waals surface area (Å²) in [5, 5.41) is 2.86. The van der Waals surface area contributed by atoms with Gasteiger partial charge in [0.2, 0.25) is 0 Å². The molecule has 2 aromatic carbocycles. The first kappa shape index (κ1) is 13.9. The van der Waals surface area contributed by atoms with Crippen LogP contribution in [0.25, 0.3) is 0 Å². The monoisotopic (exact) mass is 342 g/mol. The minimum atomic E-state index is -0.676. The van der Waals surface area contributed by atoms with Crippen molar-refractivity contribution >= 4 is 44.5 Å². The molecule has 0 saturated heterocycles. The zero-order chi connectivity index (χ0) is 14.0. The molecule has 0 aromatic heterocycles. The maximum atomic E-state index is 13.6. The summed E-state index contributed by atoms with van der Waals surface area (Å²) in [5.74, 6) is -1.32. The van der Waals surface area contributed by atoms with E-state index in [1.807, 2.05) is 0 Å². The van der Waals surface area contributed by atoms with Crippen molar-refractivity contribution < 1.29 is 8.78 Å². The maximum Gasteiger partial charge on any atom is 0.150 e. The van der Waals surface area contributed by atoms with Gasteiger partial charge < -0.3 is 11.1 Å². The molecule has 3 N–H and O–H groups in total. The minimum Gasteiger partial charge on any atom is -0.389 e. The molecule has 0 fully saturated rings. The van der Waals surface area contributed by atoms with Crippen molar-refractivity contribution in [2.24, 2.45) is 5.73 Å². The highest BCUT2D eigenvalue weighted by Gasteiger charge is 2.09. The van der Waals surface area contributed by atoms with Gasteiger partial charge in [0.1, 0.15) is 10.8 Å². The Bertz CT molecular complexity index is 606. The second-order valence-electron chi connectivity index (χ2n) is 3.81. The number of hydrogen-bond donors (Lipinski definition) is 2. The minimum absolute atomic E-state index is 0.171. The lowest BCUT2D eigenvalue weighted by Gasteiger charge is -2.10. The van der Waals surface area contributed by atoms with Gasteiger partial charge in [-0.05, 0) is 46.3 Å². The van der Waals surface area contributed by atoms with E-state index in [4.69, 9.17) is 18.0 Å². The van der Waals surface area contributed by atoms with E-state index in [2.05, 4.69) is 21.2 Å². The molecule has 2 aromatic rings. The van der Waals surface area contributed by atoms with Crippen LogP contribution in [-0.2, 0) is 0 Å². The Morgan fingerprint density at radius 1 is 1.16 bits per heavy atom. The third kappa shape index (κ3) is 3.27. The molecule has 0 atom stereocenters. The van der Waals surface area contributed by atoms with Crippen LogP contribution in [0.3, 0.4) is 0 Å². The van der Waals surface area contributed by atoms with Crippen molar-refractivity contribution in [2.45, 2.75) is 0 Å². The van der Waals surface area contributed by atoms with Crippen LogP contribution < -0.4 is 11.1 Å². The molecule has 0 aliphatic carbocycles. The van der Waals surface area contributed by atoms with Gasteiger partial charge in [-0.25, -0.2) is 8.78 Å². The van der Waals surface area contributed by atoms with E-state index < -0.39 is 11.6 Å². The Labute approximate surface area is 122 Å². The second kappa shape index (κ2) is 5.63. The standard InChI is InChI=1S/C13H9BrF2N2S/c14-10-5-8(15)6-11(16)12(10)18-9-3-1-7(2-4-9)13(17)19/h1-6,18H,(H2,17,19). The fourth-order valence-corrected chi connectivity index (χ4v) is 2.17. The van der Waals surface area contributed by atoms with Crippen molar-refractivity contribution in [2.75, 3.05) is 5.32 Å². The summed E-state index contributed by atoms with van der Waals surface area (Å²) in [5.41, 5.74) is 7.02. The topological polar surface area (TPSA) is 38.0 Å². The summed E-state index contributed by atoms with van der Waals surface area (Å²) in [4.78, 5) is 0.292. The molecule has 0 radical (unpaired) electrons. The van der Waals surface area contributed by atoms with Crippen molar-refractivity contribution in [1.29, 1.82) is 0 Å². The van der Waals surface area contributed by atoms with Crippen LogP contribution in [0.1, 0.15) is 5.56 Å². The van der Waals surface area contributed by atoms with Crippen LogP contribution >= 0.6 is 28.1 Å². The molecule has 0 saturated carbocycles. The highest BCUT2D eigenvalue weighted by Crippen LogP contribution is 2.29. The number of halogens is 3. The van der Waals surface area contributed by atoms with Gasteiger partial charge in [0.25, 0.3) is 0 Å². The Balaban J connectivity index is 2.29. The average molecular weight is 343 g/mol. The number of hydrogen-bond acceptors (Lipinski definition) is 2. The quantitative estimate of drug-likeness (QED) is 0.824. The molecule has 0 bridgehead atoms. The van der Waals surface area contributed by atoms with E-state index in [9.17, 15) is 8.78 Å². The lowest BCUT2D eigenvalue weighted by Crippen LogP contribution is -2.08. The predicted molar refractivity (Wildman–Crippen MR) is 79.7 cm³/mol. The summed E-state index contributed by atoms with van der Waals surface area (Å²) < 4.78 is 26.9. The number of rotatable bonds is 3. The number of benzene rings is 2. The van der Waals surface area contributed by atoms with Gasteiger partial charge >= 0.3 is 0 Å². The first-order chi connectivity index (χ1) is 8.97. The van der Waals surface area contributed by atoms with Crippen LogP contribution in [0.15, 0.2) is 40.9 Å². The molecule has 0 aliphatic rings. The Morgan fingerprint density at radius 2 is 1.79 bits per heavy atom. The lowest BCUT2D eigenvalue weighted by atomic mass is 10.2. The SMILES string of the molecule is NC(=S)c1ccc(Nc2c(F)cc(F)cc2Br)cc1. The first-order valence-corrected chi connectivity index (χ1v) is 6.49. The molecule has 0 aliphatic heterocycles. The van der Waals surface area contributed by atoms with E-state index in [-0.39, 0.29) is 5.69 Å². The van der Waals surface area contributed by atoms with E-state index >= 15 is 0 Å². The highest BCUT2D eigenvalue weighted by molar-refractivity contribution is 9.10. The van der Waals surface area contributed by atoms with E-state index in [1.165, 1.54) is 6.07 Å². The van der Waals surface area contributed by atoms with Crippen molar-refractivity contribution in [3.05, 3.63) is 58.1 Å². The van der Waals surface area contributed by atoms with E-state index in [0.717, 1.165) is 11.6 Å². The molecule has 98 valence electrons. The molecular formula is C13H9BrF2N2S. The summed E-state index contributed by atoms with van der Waals surface area (Å²) in [6.45, 7) is 0. The van der Waals surface area contributed by atoms with Gasteiger partial charge in [0.05, 0.1) is 5.69 Å². The predicted octanol–water partition coefficient (Wildman–Crippen LogP) is 4.11. The molecule has 0 unspecified atom stereocenters. The Kier molecular flexibility index (Phi) is 4.11. The zero-order valence-electron chi connectivity index (χ0n) is 9.58. The molecule has 0 spiro atoms. The third-order valence-electron chi connectivity index (χ3n) is 2.45. The Hall–Kier alpha value is -1.53. The second-order valence-corrected chi connectivity index (χ2v) is 5.11. The van der Waals surface area contributed by atoms with Gasteiger partial charge in [-0.2, -0.15) is 0 Å². The summed E-state index contributed by atoms with van der Waals surface area (Å²) in [6.07, 6.45) is 0.